The van der Waals surface area contributed by atoms with Crippen LogP contribution in [-0.4, -0.2) is 23.8 Å². The Morgan fingerprint density at radius 3 is 2.14 bits per heavy atom. The van der Waals surface area contributed by atoms with Crippen molar-refractivity contribution in [1.29, 1.82) is 0 Å². The van der Waals surface area contributed by atoms with E-state index in [1.165, 1.54) is 25.1 Å². The first-order valence-electron chi connectivity index (χ1n) is 6.53. The molecular formula is C15H19F3O3. The van der Waals surface area contributed by atoms with Gasteiger partial charge in [0.05, 0.1) is 12.7 Å². The summed E-state index contributed by atoms with van der Waals surface area (Å²) < 4.78 is 43.8. The Morgan fingerprint density at radius 2 is 1.71 bits per heavy atom. The molecule has 0 heterocycles. The van der Waals surface area contributed by atoms with E-state index in [2.05, 4.69) is 4.74 Å². The van der Waals surface area contributed by atoms with E-state index in [0.717, 1.165) is 13.2 Å². The molecule has 1 aromatic rings. The Kier molecular flexibility index (Phi) is 5.04. The Morgan fingerprint density at radius 1 is 1.19 bits per heavy atom. The van der Waals surface area contributed by atoms with Crippen LogP contribution in [0.2, 0.25) is 0 Å². The van der Waals surface area contributed by atoms with Crippen molar-refractivity contribution in [2.75, 3.05) is 7.11 Å². The van der Waals surface area contributed by atoms with Crippen LogP contribution < -0.4 is 0 Å². The number of aliphatic hydroxyl groups is 1. The molecule has 0 aliphatic heterocycles. The molecular weight excluding hydrogens is 285 g/mol. The highest BCUT2D eigenvalue weighted by Crippen LogP contribution is 2.41. The van der Waals surface area contributed by atoms with Crippen molar-refractivity contribution < 1.29 is 27.8 Å². The normalized spacial score (nSPS) is 16.4. The molecule has 6 heteroatoms. The summed E-state index contributed by atoms with van der Waals surface area (Å²) in [4.78, 5) is 11.9. The first kappa shape index (κ1) is 17.5. The van der Waals surface area contributed by atoms with E-state index in [1.54, 1.807) is 13.8 Å². The highest BCUT2D eigenvalue weighted by Gasteiger charge is 2.48. The van der Waals surface area contributed by atoms with Gasteiger partial charge in [-0.1, -0.05) is 39.0 Å². The Balaban J connectivity index is 3.42. The monoisotopic (exact) mass is 304 g/mol. The average molecular weight is 304 g/mol. The summed E-state index contributed by atoms with van der Waals surface area (Å²) in [5.41, 5.74) is -3.03. The van der Waals surface area contributed by atoms with Gasteiger partial charge in [-0.2, -0.15) is 13.2 Å². The molecule has 2 unspecified atom stereocenters. The van der Waals surface area contributed by atoms with Crippen LogP contribution in [0, 0.1) is 5.92 Å². The number of alkyl halides is 3. The topological polar surface area (TPSA) is 46.5 Å². The van der Waals surface area contributed by atoms with E-state index in [9.17, 15) is 23.1 Å². The molecule has 2 atom stereocenters. The van der Waals surface area contributed by atoms with Gasteiger partial charge in [-0.15, -0.1) is 0 Å². The number of carbonyl (C=O) groups is 1. The minimum absolute atomic E-state index is 0.133. The number of rotatable bonds is 4. The van der Waals surface area contributed by atoms with Crippen LogP contribution in [0.5, 0.6) is 0 Å². The van der Waals surface area contributed by atoms with Crippen LogP contribution in [0.1, 0.15) is 37.8 Å². The lowest BCUT2D eigenvalue weighted by molar-refractivity contribution is -0.171. The van der Waals surface area contributed by atoms with Crippen LogP contribution in [0.25, 0.3) is 0 Å². The molecule has 0 saturated carbocycles. The fourth-order valence-corrected chi connectivity index (χ4v) is 2.45. The van der Waals surface area contributed by atoms with Gasteiger partial charge in [0.25, 0.3) is 0 Å². The summed E-state index contributed by atoms with van der Waals surface area (Å²) >= 11 is 0. The molecule has 0 spiro atoms. The summed E-state index contributed by atoms with van der Waals surface area (Å²) in [7, 11) is 1.10. The molecule has 0 radical (unpaired) electrons. The number of halogens is 3. The van der Waals surface area contributed by atoms with E-state index in [1.807, 2.05) is 0 Å². The van der Waals surface area contributed by atoms with Crippen LogP contribution in [0.15, 0.2) is 24.3 Å². The Hall–Kier alpha value is -1.56. The predicted molar refractivity (Wildman–Crippen MR) is 71.7 cm³/mol. The van der Waals surface area contributed by atoms with E-state index < -0.39 is 35.1 Å². The minimum atomic E-state index is -4.56. The van der Waals surface area contributed by atoms with Gasteiger partial charge >= 0.3 is 12.1 Å². The third kappa shape index (κ3) is 3.20. The second kappa shape index (κ2) is 6.05. The SMILES string of the molecule is COC(=O)C(O)(C(C)C)C(C)c1ccccc1C(F)(F)F. The largest absolute Gasteiger partial charge is 0.467 e. The number of ether oxygens (including phenoxy) is 1. The molecule has 1 aromatic carbocycles. The number of methoxy groups -OCH3 is 1. The first-order valence-corrected chi connectivity index (χ1v) is 6.53. The van der Waals surface area contributed by atoms with Crippen LogP contribution >= 0.6 is 0 Å². The molecule has 0 bridgehead atoms. The van der Waals surface area contributed by atoms with Crippen LogP contribution in [0.3, 0.4) is 0 Å². The van der Waals surface area contributed by atoms with Crippen LogP contribution in [-0.2, 0) is 15.7 Å². The summed E-state index contributed by atoms with van der Waals surface area (Å²) in [5, 5.41) is 10.6. The zero-order valence-corrected chi connectivity index (χ0v) is 12.4. The average Bonchev–Trinajstić information content (AvgIpc) is 2.43. The van der Waals surface area contributed by atoms with E-state index in [-0.39, 0.29) is 5.56 Å². The molecule has 0 amide bonds. The molecule has 3 nitrogen and oxygen atoms in total. The summed E-state index contributed by atoms with van der Waals surface area (Å²) in [6, 6.07) is 4.92. The number of benzene rings is 1. The second-order valence-electron chi connectivity index (χ2n) is 5.28. The Bertz CT molecular complexity index is 511. The lowest BCUT2D eigenvalue weighted by Crippen LogP contribution is -2.49. The second-order valence-corrected chi connectivity index (χ2v) is 5.28. The zero-order chi connectivity index (χ0) is 16.4. The number of hydrogen-bond acceptors (Lipinski definition) is 3. The van der Waals surface area contributed by atoms with E-state index >= 15 is 0 Å². The molecule has 0 saturated heterocycles. The fourth-order valence-electron chi connectivity index (χ4n) is 2.45. The molecule has 0 fully saturated rings. The highest BCUT2D eigenvalue weighted by molar-refractivity contribution is 5.81. The first-order chi connectivity index (χ1) is 9.56. The molecule has 1 rings (SSSR count). The molecule has 0 aromatic heterocycles. The lowest BCUT2D eigenvalue weighted by Gasteiger charge is -2.36. The Labute approximate surface area is 121 Å². The van der Waals surface area contributed by atoms with Crippen molar-refractivity contribution in [2.45, 2.75) is 38.5 Å². The van der Waals surface area contributed by atoms with Gasteiger partial charge in [-0.3, -0.25) is 0 Å². The maximum atomic E-state index is 13.1. The molecule has 118 valence electrons. The van der Waals surface area contributed by atoms with E-state index in [4.69, 9.17) is 0 Å². The van der Waals surface area contributed by atoms with Crippen molar-refractivity contribution in [2.24, 2.45) is 5.92 Å². The maximum absolute atomic E-state index is 13.1. The standard InChI is InChI=1S/C15H19F3O3/c1-9(2)14(20,13(19)21-4)10(3)11-7-5-6-8-12(11)15(16,17)18/h5-10,20H,1-4H3. The minimum Gasteiger partial charge on any atom is -0.467 e. The summed E-state index contributed by atoms with van der Waals surface area (Å²) in [6.45, 7) is 4.51. The fraction of sp³-hybridized carbons (Fsp3) is 0.533. The van der Waals surface area contributed by atoms with Gasteiger partial charge in [-0.25, -0.2) is 4.79 Å². The van der Waals surface area contributed by atoms with Gasteiger partial charge in [-0.05, 0) is 17.5 Å². The molecule has 1 N–H and O–H groups in total. The van der Waals surface area contributed by atoms with E-state index in [0.29, 0.717) is 0 Å². The van der Waals surface area contributed by atoms with Crippen molar-refractivity contribution in [3.05, 3.63) is 35.4 Å². The van der Waals surface area contributed by atoms with Gasteiger partial charge in [0.15, 0.2) is 5.60 Å². The smallest absolute Gasteiger partial charge is 0.416 e. The zero-order valence-electron chi connectivity index (χ0n) is 12.4. The predicted octanol–water partition coefficient (Wildman–Crippen LogP) is 3.37. The van der Waals surface area contributed by atoms with Crippen molar-refractivity contribution in [3.63, 3.8) is 0 Å². The molecule has 0 aliphatic carbocycles. The third-order valence-corrected chi connectivity index (χ3v) is 3.79. The van der Waals surface area contributed by atoms with Gasteiger partial charge in [0, 0.05) is 5.92 Å². The maximum Gasteiger partial charge on any atom is 0.416 e. The summed E-state index contributed by atoms with van der Waals surface area (Å²) in [6.07, 6.45) is -4.56. The van der Waals surface area contributed by atoms with Gasteiger partial charge in [0.2, 0.25) is 0 Å². The number of hydrogen-bond donors (Lipinski definition) is 1. The highest BCUT2D eigenvalue weighted by atomic mass is 19.4. The number of carbonyl (C=O) groups excluding carboxylic acids is 1. The van der Waals surface area contributed by atoms with Crippen molar-refractivity contribution in [1.82, 2.24) is 0 Å². The molecule has 21 heavy (non-hydrogen) atoms. The lowest BCUT2D eigenvalue weighted by atomic mass is 9.74. The van der Waals surface area contributed by atoms with Gasteiger partial charge in [0.1, 0.15) is 0 Å². The quantitative estimate of drug-likeness (QED) is 0.868. The van der Waals surface area contributed by atoms with Crippen molar-refractivity contribution in [3.8, 4) is 0 Å². The van der Waals surface area contributed by atoms with Gasteiger partial charge < -0.3 is 9.84 Å². The number of esters is 1. The summed E-state index contributed by atoms with van der Waals surface area (Å²) in [5.74, 6) is -2.62. The van der Waals surface area contributed by atoms with Crippen LogP contribution in [0.4, 0.5) is 13.2 Å². The molecule has 0 aliphatic rings. The third-order valence-electron chi connectivity index (χ3n) is 3.79. The van der Waals surface area contributed by atoms with Crippen molar-refractivity contribution >= 4 is 5.97 Å².